The molecule has 0 saturated carbocycles. The molecule has 0 radical (unpaired) electrons. The van der Waals surface area contributed by atoms with E-state index in [1.807, 2.05) is 0 Å². The van der Waals surface area contributed by atoms with Crippen LogP contribution in [0.1, 0.15) is 13.3 Å². The number of urea groups is 1. The second-order valence-electron chi connectivity index (χ2n) is 3.91. The Hall–Kier alpha value is -1.44. The lowest BCUT2D eigenvalue weighted by Gasteiger charge is -2.32. The Morgan fingerprint density at radius 3 is 2.84 bits per heavy atom. The minimum Gasteiger partial charge on any atom is -0.480 e. The molecule has 0 spiro atoms. The van der Waals surface area contributed by atoms with Gasteiger partial charge in [-0.1, -0.05) is 0 Å². The first-order valence-corrected chi connectivity index (χ1v) is 7.22. The molecule has 2 amide bonds. The highest BCUT2D eigenvalue weighted by atomic mass is 32.2. The number of esters is 1. The number of amides is 2. The van der Waals surface area contributed by atoms with E-state index in [1.165, 1.54) is 16.7 Å². The Labute approximate surface area is 115 Å². The molecule has 0 aromatic rings. The van der Waals surface area contributed by atoms with Gasteiger partial charge in [0.15, 0.2) is 0 Å². The predicted octanol–water partition coefficient (Wildman–Crippen LogP) is 0.151. The minimum atomic E-state index is -1.01. The Kier molecular flexibility index (Phi) is 6.48. The van der Waals surface area contributed by atoms with Gasteiger partial charge in [-0.3, -0.25) is 4.79 Å². The molecule has 0 aromatic heterocycles. The van der Waals surface area contributed by atoms with Crippen molar-refractivity contribution in [2.45, 2.75) is 19.4 Å². The quantitative estimate of drug-likeness (QED) is 0.700. The Bertz CT molecular complexity index is 350. The number of carbonyl (C=O) groups is 3. The summed E-state index contributed by atoms with van der Waals surface area (Å²) in [7, 11) is 0. The van der Waals surface area contributed by atoms with Gasteiger partial charge in [0.2, 0.25) is 0 Å². The molecule has 1 aliphatic heterocycles. The molecule has 0 aliphatic carbocycles. The van der Waals surface area contributed by atoms with Gasteiger partial charge in [-0.15, -0.1) is 0 Å². The van der Waals surface area contributed by atoms with E-state index in [0.29, 0.717) is 18.9 Å². The fourth-order valence-corrected chi connectivity index (χ4v) is 2.70. The zero-order valence-corrected chi connectivity index (χ0v) is 11.6. The predicted molar refractivity (Wildman–Crippen MR) is 70.1 cm³/mol. The lowest BCUT2D eigenvalue weighted by molar-refractivity contribution is -0.143. The largest absolute Gasteiger partial charge is 0.480 e. The number of nitrogens with one attached hydrogen (secondary N) is 1. The maximum absolute atomic E-state index is 11.8. The van der Waals surface area contributed by atoms with Gasteiger partial charge in [0, 0.05) is 24.6 Å². The Balaban J connectivity index is 2.38. The van der Waals surface area contributed by atoms with Gasteiger partial charge in [0.25, 0.3) is 0 Å². The van der Waals surface area contributed by atoms with Gasteiger partial charge in [-0.25, -0.2) is 9.59 Å². The normalized spacial score (nSPS) is 18.8. The zero-order valence-electron chi connectivity index (χ0n) is 10.8. The highest BCUT2D eigenvalue weighted by Crippen LogP contribution is 2.16. The number of aliphatic carboxylic acids is 1. The van der Waals surface area contributed by atoms with E-state index in [4.69, 9.17) is 9.84 Å². The summed E-state index contributed by atoms with van der Waals surface area (Å²) in [6.07, 6.45) is 0.0832. The number of ether oxygens (including phenoxy) is 1. The van der Waals surface area contributed by atoms with Crippen LogP contribution in [0.25, 0.3) is 0 Å². The molecule has 0 aromatic carbocycles. The van der Waals surface area contributed by atoms with Gasteiger partial charge in [-0.2, -0.15) is 11.8 Å². The van der Waals surface area contributed by atoms with E-state index in [-0.39, 0.29) is 18.9 Å². The topological polar surface area (TPSA) is 95.9 Å². The monoisotopic (exact) mass is 290 g/mol. The lowest BCUT2D eigenvalue weighted by atomic mass is 10.3. The second-order valence-corrected chi connectivity index (χ2v) is 5.06. The number of nitrogens with zero attached hydrogens (tertiary/aromatic N) is 1. The Morgan fingerprint density at radius 2 is 2.21 bits per heavy atom. The van der Waals surface area contributed by atoms with Crippen LogP contribution in [0.4, 0.5) is 4.79 Å². The molecule has 8 heteroatoms. The molecule has 1 saturated heterocycles. The van der Waals surface area contributed by atoms with Crippen molar-refractivity contribution >= 4 is 29.7 Å². The molecule has 19 heavy (non-hydrogen) atoms. The van der Waals surface area contributed by atoms with Crippen molar-refractivity contribution in [2.24, 2.45) is 0 Å². The van der Waals surface area contributed by atoms with Crippen LogP contribution < -0.4 is 5.32 Å². The molecule has 1 unspecified atom stereocenters. The van der Waals surface area contributed by atoms with E-state index in [0.717, 1.165) is 5.75 Å². The van der Waals surface area contributed by atoms with Crippen molar-refractivity contribution in [3.05, 3.63) is 0 Å². The van der Waals surface area contributed by atoms with Crippen molar-refractivity contribution < 1.29 is 24.2 Å². The van der Waals surface area contributed by atoms with Gasteiger partial charge >= 0.3 is 18.0 Å². The van der Waals surface area contributed by atoms with Crippen LogP contribution in [-0.2, 0) is 14.3 Å². The molecule has 1 atom stereocenters. The Morgan fingerprint density at radius 1 is 1.47 bits per heavy atom. The smallest absolute Gasteiger partial charge is 0.327 e. The van der Waals surface area contributed by atoms with Gasteiger partial charge < -0.3 is 20.1 Å². The molecule has 1 heterocycles. The van der Waals surface area contributed by atoms with Crippen molar-refractivity contribution in [3.63, 3.8) is 0 Å². The first-order chi connectivity index (χ1) is 9.06. The maximum Gasteiger partial charge on any atom is 0.327 e. The first-order valence-electron chi connectivity index (χ1n) is 6.07. The molecule has 2 N–H and O–H groups in total. The van der Waals surface area contributed by atoms with Crippen molar-refractivity contribution in [1.82, 2.24) is 10.2 Å². The van der Waals surface area contributed by atoms with Crippen LogP contribution in [-0.4, -0.2) is 65.2 Å². The summed E-state index contributed by atoms with van der Waals surface area (Å²) in [6, 6.07) is -1.25. The average molecular weight is 290 g/mol. The summed E-state index contributed by atoms with van der Waals surface area (Å²) in [5, 5.41) is 11.6. The van der Waals surface area contributed by atoms with Crippen LogP contribution >= 0.6 is 11.8 Å². The summed E-state index contributed by atoms with van der Waals surface area (Å²) in [6.45, 7) is 2.55. The number of carbonyl (C=O) groups excluding carboxylic acids is 2. The van der Waals surface area contributed by atoms with E-state index in [1.54, 1.807) is 6.92 Å². The van der Waals surface area contributed by atoms with E-state index < -0.39 is 18.0 Å². The van der Waals surface area contributed by atoms with Crippen LogP contribution in [0.3, 0.4) is 0 Å². The highest BCUT2D eigenvalue weighted by molar-refractivity contribution is 7.99. The maximum atomic E-state index is 11.8. The summed E-state index contributed by atoms with van der Waals surface area (Å²) in [4.78, 5) is 35.3. The zero-order chi connectivity index (χ0) is 14.3. The van der Waals surface area contributed by atoms with Crippen LogP contribution in [0, 0.1) is 0 Å². The van der Waals surface area contributed by atoms with Gasteiger partial charge in [0.1, 0.15) is 6.04 Å². The van der Waals surface area contributed by atoms with Crippen LogP contribution in [0.5, 0.6) is 0 Å². The third kappa shape index (κ3) is 4.98. The number of rotatable bonds is 5. The molecule has 7 nitrogen and oxygen atoms in total. The molecular weight excluding hydrogens is 272 g/mol. The number of hydrogen-bond donors (Lipinski definition) is 2. The van der Waals surface area contributed by atoms with Crippen molar-refractivity contribution in [1.29, 1.82) is 0 Å². The molecule has 1 aliphatic rings. The van der Waals surface area contributed by atoms with Gasteiger partial charge in [-0.05, 0) is 6.92 Å². The van der Waals surface area contributed by atoms with Crippen molar-refractivity contribution in [3.8, 4) is 0 Å². The summed E-state index contributed by atoms with van der Waals surface area (Å²) in [5.41, 5.74) is 0. The third-order valence-corrected chi connectivity index (χ3v) is 3.61. The molecule has 108 valence electrons. The number of carboxylic acid groups (broad SMARTS) is 1. The molecule has 0 bridgehead atoms. The van der Waals surface area contributed by atoms with Crippen LogP contribution in [0.15, 0.2) is 0 Å². The number of thioether (sulfide) groups is 1. The van der Waals surface area contributed by atoms with Gasteiger partial charge in [0.05, 0.1) is 13.0 Å². The highest BCUT2D eigenvalue weighted by Gasteiger charge is 2.32. The fourth-order valence-electron chi connectivity index (χ4n) is 1.66. The molecule has 1 rings (SSSR count). The average Bonchev–Trinajstić information content (AvgIpc) is 2.38. The van der Waals surface area contributed by atoms with Crippen molar-refractivity contribution in [2.75, 3.05) is 31.2 Å². The summed E-state index contributed by atoms with van der Waals surface area (Å²) in [5.74, 6) is -0.282. The van der Waals surface area contributed by atoms with E-state index in [9.17, 15) is 14.4 Å². The number of carboxylic acids is 1. The first kappa shape index (κ1) is 15.6. The fraction of sp³-hybridized carbons (Fsp3) is 0.727. The SMILES string of the molecule is CCOC(=O)CCNC(=O)N1CCSCC1C(=O)O. The van der Waals surface area contributed by atoms with E-state index in [2.05, 4.69) is 5.32 Å². The molecular formula is C11H18N2O5S. The molecule has 1 fully saturated rings. The second kappa shape index (κ2) is 7.88. The van der Waals surface area contributed by atoms with Crippen LogP contribution in [0.2, 0.25) is 0 Å². The standard InChI is InChI=1S/C11H18N2O5S/c1-2-18-9(14)3-4-12-11(17)13-5-6-19-7-8(13)10(15)16/h8H,2-7H2,1H3,(H,12,17)(H,15,16). The summed E-state index contributed by atoms with van der Waals surface area (Å²) < 4.78 is 4.73. The third-order valence-electron chi connectivity index (χ3n) is 2.59. The van der Waals surface area contributed by atoms with E-state index >= 15 is 0 Å². The number of hydrogen-bond acceptors (Lipinski definition) is 5. The summed E-state index contributed by atoms with van der Waals surface area (Å²) >= 11 is 1.51. The minimum absolute atomic E-state index is 0.0832. The lowest BCUT2D eigenvalue weighted by Crippen LogP contribution is -2.54.